The van der Waals surface area contributed by atoms with E-state index in [1.807, 2.05) is 13.8 Å². The molecule has 5 heteroatoms. The number of oxime groups is 1. The van der Waals surface area contributed by atoms with E-state index in [1.54, 1.807) is 4.90 Å². The second kappa shape index (κ2) is 7.96. The number of rotatable bonds is 7. The second-order valence-electron chi connectivity index (χ2n) is 4.13. The number of nitrogens with two attached hydrogens (primary N) is 1. The molecule has 0 saturated heterocycles. The first-order valence-corrected chi connectivity index (χ1v) is 5.78. The molecule has 0 aliphatic heterocycles. The van der Waals surface area contributed by atoms with Gasteiger partial charge in [0.1, 0.15) is 5.84 Å². The van der Waals surface area contributed by atoms with Gasteiger partial charge in [-0.2, -0.15) is 0 Å². The minimum Gasteiger partial charge on any atom is -0.409 e. The van der Waals surface area contributed by atoms with Crippen LogP contribution in [0, 0.1) is 0 Å². The molecule has 0 aliphatic carbocycles. The van der Waals surface area contributed by atoms with Crippen molar-refractivity contribution in [2.24, 2.45) is 10.9 Å². The van der Waals surface area contributed by atoms with Crippen molar-refractivity contribution in [2.75, 3.05) is 6.54 Å². The first-order chi connectivity index (χ1) is 7.52. The van der Waals surface area contributed by atoms with E-state index in [4.69, 9.17) is 10.9 Å². The van der Waals surface area contributed by atoms with Gasteiger partial charge in [-0.1, -0.05) is 18.5 Å². The summed E-state index contributed by atoms with van der Waals surface area (Å²) >= 11 is 0. The molecule has 0 aromatic carbocycles. The van der Waals surface area contributed by atoms with Gasteiger partial charge in [0.05, 0.1) is 0 Å². The van der Waals surface area contributed by atoms with Gasteiger partial charge in [-0.05, 0) is 20.3 Å². The maximum absolute atomic E-state index is 11.8. The fourth-order valence-corrected chi connectivity index (χ4v) is 1.43. The van der Waals surface area contributed by atoms with Crippen LogP contribution in [0.15, 0.2) is 5.16 Å². The van der Waals surface area contributed by atoms with Crippen molar-refractivity contribution in [2.45, 2.75) is 52.5 Å². The Kier molecular flexibility index (Phi) is 7.33. The molecule has 0 aromatic heterocycles. The van der Waals surface area contributed by atoms with Crippen LogP contribution in [0.25, 0.3) is 0 Å². The van der Waals surface area contributed by atoms with E-state index in [-0.39, 0.29) is 17.8 Å². The standard InChI is InChI=1S/C11H23N3O2/c1-4-5-6-11(15)14(9(2)3)8-7-10(12)13-16/h9,16H,4-8H2,1-3H3,(H2,12,13). The van der Waals surface area contributed by atoms with Crippen LogP contribution in [-0.2, 0) is 4.79 Å². The molecule has 0 aliphatic rings. The Morgan fingerprint density at radius 3 is 2.50 bits per heavy atom. The smallest absolute Gasteiger partial charge is 0.222 e. The third kappa shape index (κ3) is 5.58. The van der Waals surface area contributed by atoms with E-state index in [9.17, 15) is 4.79 Å². The molecular weight excluding hydrogens is 206 g/mol. The molecule has 0 aromatic rings. The average Bonchev–Trinajstić information content (AvgIpc) is 2.25. The Morgan fingerprint density at radius 1 is 1.44 bits per heavy atom. The summed E-state index contributed by atoms with van der Waals surface area (Å²) in [4.78, 5) is 13.6. The molecule has 5 nitrogen and oxygen atoms in total. The number of amides is 1. The van der Waals surface area contributed by atoms with Crippen molar-refractivity contribution >= 4 is 11.7 Å². The highest BCUT2D eigenvalue weighted by Gasteiger charge is 2.16. The molecule has 0 radical (unpaired) electrons. The van der Waals surface area contributed by atoms with E-state index < -0.39 is 0 Å². The summed E-state index contributed by atoms with van der Waals surface area (Å²) in [6.45, 7) is 6.51. The molecule has 0 unspecified atom stereocenters. The highest BCUT2D eigenvalue weighted by atomic mass is 16.4. The predicted molar refractivity (Wildman–Crippen MR) is 64.4 cm³/mol. The molecule has 1 amide bonds. The lowest BCUT2D eigenvalue weighted by molar-refractivity contribution is -0.132. The predicted octanol–water partition coefficient (Wildman–Crippen LogP) is 1.55. The summed E-state index contributed by atoms with van der Waals surface area (Å²) in [6, 6.07) is 0.149. The van der Waals surface area contributed by atoms with Crippen LogP contribution in [0.1, 0.15) is 46.5 Å². The quantitative estimate of drug-likeness (QED) is 0.301. The molecule has 94 valence electrons. The summed E-state index contributed by atoms with van der Waals surface area (Å²) in [6.07, 6.45) is 2.90. The Hall–Kier alpha value is -1.26. The SMILES string of the molecule is CCCCC(=O)N(CCC(N)=NO)C(C)C. The van der Waals surface area contributed by atoms with Gasteiger partial charge in [0.25, 0.3) is 0 Å². The normalized spacial score (nSPS) is 11.9. The molecule has 0 bridgehead atoms. The zero-order valence-electron chi connectivity index (χ0n) is 10.4. The van der Waals surface area contributed by atoms with E-state index in [0.717, 1.165) is 12.8 Å². The average molecular weight is 229 g/mol. The number of hydrogen-bond donors (Lipinski definition) is 2. The number of carbonyl (C=O) groups is 1. The molecular formula is C11H23N3O2. The lowest BCUT2D eigenvalue weighted by Gasteiger charge is -2.26. The number of hydrogen-bond acceptors (Lipinski definition) is 3. The summed E-state index contributed by atoms with van der Waals surface area (Å²) in [5.74, 6) is 0.302. The zero-order chi connectivity index (χ0) is 12.6. The highest BCUT2D eigenvalue weighted by molar-refractivity contribution is 5.81. The van der Waals surface area contributed by atoms with Crippen molar-refractivity contribution in [3.05, 3.63) is 0 Å². The maximum Gasteiger partial charge on any atom is 0.222 e. The number of unbranched alkanes of at least 4 members (excludes halogenated alkanes) is 1. The molecule has 0 rings (SSSR count). The third-order valence-corrected chi connectivity index (χ3v) is 2.43. The van der Waals surface area contributed by atoms with Crippen LogP contribution in [0.2, 0.25) is 0 Å². The van der Waals surface area contributed by atoms with Gasteiger partial charge in [0.2, 0.25) is 5.91 Å². The van der Waals surface area contributed by atoms with E-state index in [2.05, 4.69) is 12.1 Å². The Morgan fingerprint density at radius 2 is 2.06 bits per heavy atom. The van der Waals surface area contributed by atoms with Crippen LogP contribution in [0.5, 0.6) is 0 Å². The highest BCUT2D eigenvalue weighted by Crippen LogP contribution is 2.06. The first kappa shape index (κ1) is 14.7. The lowest BCUT2D eigenvalue weighted by Crippen LogP contribution is -2.39. The van der Waals surface area contributed by atoms with Crippen molar-refractivity contribution in [3.63, 3.8) is 0 Å². The van der Waals surface area contributed by atoms with Crippen LogP contribution in [0.4, 0.5) is 0 Å². The van der Waals surface area contributed by atoms with Crippen LogP contribution in [0.3, 0.4) is 0 Å². The summed E-state index contributed by atoms with van der Waals surface area (Å²) < 4.78 is 0. The van der Waals surface area contributed by atoms with Crippen molar-refractivity contribution < 1.29 is 10.0 Å². The van der Waals surface area contributed by atoms with Crippen molar-refractivity contribution in [1.82, 2.24) is 4.90 Å². The van der Waals surface area contributed by atoms with Gasteiger partial charge >= 0.3 is 0 Å². The fourth-order valence-electron chi connectivity index (χ4n) is 1.43. The largest absolute Gasteiger partial charge is 0.409 e. The number of carbonyl (C=O) groups excluding carboxylic acids is 1. The van der Waals surface area contributed by atoms with Gasteiger partial charge in [-0.3, -0.25) is 4.79 Å². The van der Waals surface area contributed by atoms with Gasteiger partial charge in [0.15, 0.2) is 0 Å². The Bertz CT molecular complexity index is 239. The van der Waals surface area contributed by atoms with Crippen LogP contribution >= 0.6 is 0 Å². The minimum atomic E-state index is 0.141. The van der Waals surface area contributed by atoms with Gasteiger partial charge < -0.3 is 15.8 Å². The topological polar surface area (TPSA) is 78.9 Å². The molecule has 16 heavy (non-hydrogen) atoms. The maximum atomic E-state index is 11.8. The first-order valence-electron chi connectivity index (χ1n) is 5.78. The molecule has 0 heterocycles. The minimum absolute atomic E-state index is 0.141. The molecule has 3 N–H and O–H groups in total. The van der Waals surface area contributed by atoms with Gasteiger partial charge in [0, 0.05) is 25.4 Å². The van der Waals surface area contributed by atoms with E-state index in [0.29, 0.717) is 19.4 Å². The Balaban J connectivity index is 4.21. The monoisotopic (exact) mass is 229 g/mol. The van der Waals surface area contributed by atoms with Crippen molar-refractivity contribution in [3.8, 4) is 0 Å². The zero-order valence-corrected chi connectivity index (χ0v) is 10.4. The number of nitrogens with zero attached hydrogens (tertiary/aromatic N) is 2. The molecule has 0 fully saturated rings. The van der Waals surface area contributed by atoms with Gasteiger partial charge in [-0.25, -0.2) is 0 Å². The third-order valence-electron chi connectivity index (χ3n) is 2.43. The second-order valence-corrected chi connectivity index (χ2v) is 4.13. The van der Waals surface area contributed by atoms with Gasteiger partial charge in [-0.15, -0.1) is 0 Å². The lowest BCUT2D eigenvalue weighted by atomic mass is 10.2. The summed E-state index contributed by atoms with van der Waals surface area (Å²) in [5, 5.41) is 11.3. The Labute approximate surface area is 97.3 Å². The molecule has 0 spiro atoms. The van der Waals surface area contributed by atoms with E-state index in [1.165, 1.54) is 0 Å². The van der Waals surface area contributed by atoms with E-state index >= 15 is 0 Å². The summed E-state index contributed by atoms with van der Waals surface area (Å²) in [7, 11) is 0. The van der Waals surface area contributed by atoms with Crippen molar-refractivity contribution in [1.29, 1.82) is 0 Å². The molecule has 0 atom stereocenters. The number of amidine groups is 1. The van der Waals surface area contributed by atoms with Crippen LogP contribution < -0.4 is 5.73 Å². The summed E-state index contributed by atoms with van der Waals surface area (Å²) in [5.41, 5.74) is 5.38. The van der Waals surface area contributed by atoms with Crippen LogP contribution in [-0.4, -0.2) is 34.4 Å². The molecule has 0 saturated carbocycles. The fraction of sp³-hybridized carbons (Fsp3) is 0.818.